The van der Waals surface area contributed by atoms with Crippen molar-refractivity contribution >= 4 is 26.1 Å². The molecule has 150 valence electrons. The van der Waals surface area contributed by atoms with Gasteiger partial charge in [0, 0.05) is 31.5 Å². The van der Waals surface area contributed by atoms with Crippen LogP contribution in [0.15, 0.2) is 30.3 Å². The van der Waals surface area contributed by atoms with Crippen LogP contribution in [0.4, 0.5) is 5.69 Å². The zero-order chi connectivity index (χ0) is 20.1. The van der Waals surface area contributed by atoms with E-state index in [4.69, 9.17) is 9.16 Å². The summed E-state index contributed by atoms with van der Waals surface area (Å²) in [6.07, 6.45) is 5.71. The van der Waals surface area contributed by atoms with E-state index < -0.39 is 8.32 Å². The van der Waals surface area contributed by atoms with Crippen molar-refractivity contribution in [3.05, 3.63) is 35.9 Å². The van der Waals surface area contributed by atoms with Crippen LogP contribution in [0.5, 0.6) is 0 Å². The first-order valence-corrected chi connectivity index (χ1v) is 12.8. The second-order valence-corrected chi connectivity index (χ2v) is 13.8. The van der Waals surface area contributed by atoms with E-state index in [0.717, 1.165) is 25.3 Å². The Morgan fingerprint density at radius 3 is 2.67 bits per heavy atom. The Bertz CT molecular complexity index is 664. The third-order valence-electron chi connectivity index (χ3n) is 5.88. The summed E-state index contributed by atoms with van der Waals surface area (Å²) in [5, 5.41) is 0.243. The summed E-state index contributed by atoms with van der Waals surface area (Å²) in [6.45, 7) is 14.4. The van der Waals surface area contributed by atoms with Crippen LogP contribution in [-0.4, -0.2) is 41.1 Å². The first-order valence-electron chi connectivity index (χ1n) is 9.88. The first kappa shape index (κ1) is 21.7. The number of carbonyl (C=O) groups is 1. The molecule has 0 N–H and O–H groups in total. The molecule has 5 heteroatoms. The summed E-state index contributed by atoms with van der Waals surface area (Å²) < 4.78 is 11.2. The zero-order valence-electron chi connectivity index (χ0n) is 17.7. The summed E-state index contributed by atoms with van der Waals surface area (Å²) >= 11 is 0. The van der Waals surface area contributed by atoms with Crippen LogP contribution in [-0.2, 0) is 14.0 Å². The molecule has 0 aliphatic carbocycles. The van der Waals surface area contributed by atoms with Crippen LogP contribution in [0.2, 0.25) is 18.1 Å². The van der Waals surface area contributed by atoms with Crippen molar-refractivity contribution in [3.63, 3.8) is 0 Å². The van der Waals surface area contributed by atoms with Crippen LogP contribution in [0.25, 0.3) is 6.08 Å². The summed E-state index contributed by atoms with van der Waals surface area (Å²) in [5.74, 6) is 0.217. The van der Waals surface area contributed by atoms with E-state index in [-0.39, 0.29) is 11.0 Å². The molecule has 1 aromatic carbocycles. The van der Waals surface area contributed by atoms with E-state index in [1.54, 1.807) is 0 Å². The Labute approximate surface area is 165 Å². The molecule has 1 saturated heterocycles. The number of para-hydroxylation sites is 1. The predicted octanol–water partition coefficient (Wildman–Crippen LogP) is 5.11. The van der Waals surface area contributed by atoms with Gasteiger partial charge in [-0.2, -0.15) is 0 Å². The monoisotopic (exact) mass is 389 g/mol. The van der Waals surface area contributed by atoms with Crippen molar-refractivity contribution in [1.29, 1.82) is 0 Å². The highest BCUT2D eigenvalue weighted by atomic mass is 28.4. The van der Waals surface area contributed by atoms with Gasteiger partial charge in [0.25, 0.3) is 0 Å². The van der Waals surface area contributed by atoms with E-state index in [0.29, 0.717) is 5.92 Å². The lowest BCUT2D eigenvalue weighted by molar-refractivity contribution is -0.134. The molecule has 0 radical (unpaired) electrons. The lowest BCUT2D eigenvalue weighted by atomic mass is 9.97. The van der Waals surface area contributed by atoms with Gasteiger partial charge in [0.05, 0.1) is 7.11 Å². The van der Waals surface area contributed by atoms with Crippen molar-refractivity contribution in [2.75, 3.05) is 31.7 Å². The number of hydrogen-bond acceptors (Lipinski definition) is 4. The van der Waals surface area contributed by atoms with Gasteiger partial charge in [-0.15, -0.1) is 0 Å². The molecule has 0 spiro atoms. The highest BCUT2D eigenvalue weighted by molar-refractivity contribution is 6.74. The molecular weight excluding hydrogens is 354 g/mol. The van der Waals surface area contributed by atoms with Gasteiger partial charge in [0.2, 0.25) is 0 Å². The van der Waals surface area contributed by atoms with Crippen LogP contribution in [0.3, 0.4) is 0 Å². The summed E-state index contributed by atoms with van der Waals surface area (Å²) in [7, 11) is -0.313. The average Bonchev–Trinajstić information content (AvgIpc) is 2.64. The molecule has 1 aromatic rings. The molecule has 2 rings (SSSR count). The molecule has 0 aromatic heterocycles. The standard InChI is InChI=1S/C22H35NO3Si/c1-22(2,3)27(5,6)26-17-18-10-9-15-23(16-18)20-12-8-7-11-19(20)13-14-21(24)25-4/h7-8,11-14,18H,9-10,15-17H2,1-6H3/b14-13+. The van der Waals surface area contributed by atoms with Crippen LogP contribution in [0.1, 0.15) is 39.2 Å². The van der Waals surface area contributed by atoms with E-state index >= 15 is 0 Å². The number of piperidine rings is 1. The highest BCUT2D eigenvalue weighted by Crippen LogP contribution is 2.37. The van der Waals surface area contributed by atoms with E-state index in [9.17, 15) is 4.79 Å². The van der Waals surface area contributed by atoms with E-state index in [2.05, 4.69) is 50.9 Å². The van der Waals surface area contributed by atoms with Gasteiger partial charge in [0.1, 0.15) is 0 Å². The second kappa shape index (κ2) is 9.07. The predicted molar refractivity (Wildman–Crippen MR) is 116 cm³/mol. The van der Waals surface area contributed by atoms with Crippen LogP contribution in [0, 0.1) is 5.92 Å². The van der Waals surface area contributed by atoms with Crippen molar-refractivity contribution in [1.82, 2.24) is 0 Å². The van der Waals surface area contributed by atoms with Crippen molar-refractivity contribution in [2.45, 2.75) is 51.7 Å². The molecule has 1 aliphatic heterocycles. The van der Waals surface area contributed by atoms with Gasteiger partial charge in [0.15, 0.2) is 8.32 Å². The van der Waals surface area contributed by atoms with Gasteiger partial charge in [-0.05, 0) is 54.6 Å². The van der Waals surface area contributed by atoms with Gasteiger partial charge >= 0.3 is 5.97 Å². The third kappa shape index (κ3) is 5.94. The van der Waals surface area contributed by atoms with Crippen LogP contribution < -0.4 is 4.90 Å². The van der Waals surface area contributed by atoms with Crippen LogP contribution >= 0.6 is 0 Å². The number of nitrogens with zero attached hydrogens (tertiary/aromatic N) is 1. The topological polar surface area (TPSA) is 38.8 Å². The quantitative estimate of drug-likeness (QED) is 0.385. The van der Waals surface area contributed by atoms with Gasteiger partial charge < -0.3 is 14.1 Å². The molecule has 1 atom stereocenters. The minimum absolute atomic E-state index is 0.243. The fourth-order valence-electron chi connectivity index (χ4n) is 3.10. The molecule has 1 unspecified atom stereocenters. The van der Waals surface area contributed by atoms with Gasteiger partial charge in [-0.3, -0.25) is 0 Å². The Hall–Kier alpha value is -1.59. The second-order valence-electron chi connectivity index (χ2n) is 8.94. The van der Waals surface area contributed by atoms with Gasteiger partial charge in [-0.25, -0.2) is 4.79 Å². The molecule has 1 fully saturated rings. The average molecular weight is 390 g/mol. The number of methoxy groups -OCH3 is 1. The Morgan fingerprint density at radius 1 is 1.30 bits per heavy atom. The molecule has 1 aliphatic rings. The molecule has 27 heavy (non-hydrogen) atoms. The first-order chi connectivity index (χ1) is 12.6. The molecular formula is C22H35NO3Si. The lowest BCUT2D eigenvalue weighted by Gasteiger charge is -2.40. The Kier molecular flexibility index (Phi) is 7.29. The maximum atomic E-state index is 11.4. The Morgan fingerprint density at radius 2 is 2.00 bits per heavy atom. The molecule has 0 amide bonds. The fourth-order valence-corrected chi connectivity index (χ4v) is 4.19. The molecule has 0 saturated carbocycles. The minimum Gasteiger partial charge on any atom is -0.466 e. The normalized spacial score (nSPS) is 18.7. The number of ether oxygens (including phenoxy) is 1. The van der Waals surface area contributed by atoms with Crippen molar-refractivity contribution in [2.24, 2.45) is 5.92 Å². The molecule has 4 nitrogen and oxygen atoms in total. The number of anilines is 1. The molecule has 0 bridgehead atoms. The number of rotatable bonds is 6. The minimum atomic E-state index is -1.71. The maximum Gasteiger partial charge on any atom is 0.330 e. The SMILES string of the molecule is COC(=O)/C=C/c1ccccc1N1CCCC(CO[Si](C)(C)C(C)(C)C)C1. The number of hydrogen-bond donors (Lipinski definition) is 0. The Balaban J connectivity index is 2.06. The van der Waals surface area contributed by atoms with E-state index in [1.165, 1.54) is 31.7 Å². The molecule has 1 heterocycles. The highest BCUT2D eigenvalue weighted by Gasteiger charge is 2.37. The zero-order valence-corrected chi connectivity index (χ0v) is 18.7. The number of carbonyl (C=O) groups excluding carboxylic acids is 1. The maximum absolute atomic E-state index is 11.4. The smallest absolute Gasteiger partial charge is 0.330 e. The summed E-state index contributed by atoms with van der Waals surface area (Å²) in [6, 6.07) is 8.24. The van der Waals surface area contributed by atoms with Crippen molar-refractivity contribution < 1.29 is 14.0 Å². The number of esters is 1. The fraction of sp³-hybridized carbons (Fsp3) is 0.591. The largest absolute Gasteiger partial charge is 0.466 e. The van der Waals surface area contributed by atoms with Gasteiger partial charge in [-0.1, -0.05) is 39.0 Å². The summed E-state index contributed by atoms with van der Waals surface area (Å²) in [5.41, 5.74) is 2.23. The number of benzene rings is 1. The summed E-state index contributed by atoms with van der Waals surface area (Å²) in [4.78, 5) is 13.9. The third-order valence-corrected chi connectivity index (χ3v) is 10.4. The lowest BCUT2D eigenvalue weighted by Crippen LogP contribution is -2.44. The van der Waals surface area contributed by atoms with E-state index in [1.807, 2.05) is 18.2 Å². The van der Waals surface area contributed by atoms with Crippen molar-refractivity contribution in [3.8, 4) is 0 Å².